The van der Waals surface area contributed by atoms with Crippen molar-refractivity contribution >= 4 is 11.9 Å². The minimum Gasteiger partial charge on any atom is -0.459 e. The number of amides is 1. The molecule has 1 heterocycles. The van der Waals surface area contributed by atoms with E-state index in [9.17, 15) is 9.59 Å². The fourth-order valence-electron chi connectivity index (χ4n) is 4.54. The second-order valence-electron chi connectivity index (χ2n) is 9.73. The molecule has 0 spiro atoms. The van der Waals surface area contributed by atoms with Gasteiger partial charge in [-0.15, -0.1) is 6.58 Å². The first-order valence-electron chi connectivity index (χ1n) is 11.5. The Balaban J connectivity index is 1.95. The van der Waals surface area contributed by atoms with Crippen LogP contribution in [0.2, 0.25) is 0 Å². The smallest absolute Gasteiger partial charge is 0.315 e. The molecule has 1 saturated heterocycles. The van der Waals surface area contributed by atoms with Crippen molar-refractivity contribution in [2.45, 2.75) is 64.8 Å². The van der Waals surface area contributed by atoms with Crippen molar-refractivity contribution < 1.29 is 19.1 Å². The molecule has 176 valence electrons. The lowest BCUT2D eigenvalue weighted by molar-refractivity contribution is -0.171. The molecule has 2 unspecified atom stereocenters. The Kier molecular flexibility index (Phi) is 7.75. The summed E-state index contributed by atoms with van der Waals surface area (Å²) in [4.78, 5) is 28.8. The number of benzene rings is 2. The SMILES string of the molecule is C=CCC1(C(=O)OC(C)(C)C)CC(=O)N([C@H](C)c2ccccc2)C1COCc1ccccc1. The number of hydrogen-bond acceptors (Lipinski definition) is 4. The summed E-state index contributed by atoms with van der Waals surface area (Å²) in [5, 5.41) is 0. The van der Waals surface area contributed by atoms with E-state index in [4.69, 9.17) is 9.47 Å². The van der Waals surface area contributed by atoms with Crippen molar-refractivity contribution in [1.29, 1.82) is 0 Å². The van der Waals surface area contributed by atoms with Crippen molar-refractivity contribution in [3.05, 3.63) is 84.4 Å². The van der Waals surface area contributed by atoms with Crippen LogP contribution in [0.4, 0.5) is 0 Å². The highest BCUT2D eigenvalue weighted by Crippen LogP contribution is 2.46. The minimum absolute atomic E-state index is 0.0739. The van der Waals surface area contributed by atoms with Crippen LogP contribution in [-0.2, 0) is 25.7 Å². The standard InChI is InChI=1S/C28H35NO4/c1-6-17-28(26(31)33-27(3,4)5)18-25(30)29(21(2)23-15-11-8-12-16-23)24(28)20-32-19-22-13-9-7-10-14-22/h6-16,21,24H,1,17-20H2,2-5H3/t21-,24?,28?/m1/s1. The number of carbonyl (C=O) groups is 2. The van der Waals surface area contributed by atoms with Gasteiger partial charge in [-0.05, 0) is 45.2 Å². The highest BCUT2D eigenvalue weighted by Gasteiger charge is 2.58. The van der Waals surface area contributed by atoms with Crippen LogP contribution in [0.25, 0.3) is 0 Å². The van der Waals surface area contributed by atoms with Crippen molar-refractivity contribution in [3.63, 3.8) is 0 Å². The van der Waals surface area contributed by atoms with Crippen molar-refractivity contribution in [1.82, 2.24) is 4.90 Å². The lowest BCUT2D eigenvalue weighted by Gasteiger charge is -2.39. The second-order valence-corrected chi connectivity index (χ2v) is 9.73. The first-order valence-corrected chi connectivity index (χ1v) is 11.5. The molecule has 3 atom stereocenters. The number of nitrogens with zero attached hydrogens (tertiary/aromatic N) is 1. The monoisotopic (exact) mass is 449 g/mol. The maximum atomic E-state index is 13.6. The Hall–Kier alpha value is -2.92. The first-order chi connectivity index (χ1) is 15.7. The maximum Gasteiger partial charge on any atom is 0.315 e. The van der Waals surface area contributed by atoms with E-state index in [1.165, 1.54) is 0 Å². The topological polar surface area (TPSA) is 55.8 Å². The molecular formula is C28H35NO4. The second kappa shape index (κ2) is 10.3. The molecule has 5 nitrogen and oxygen atoms in total. The van der Waals surface area contributed by atoms with Crippen molar-refractivity contribution in [3.8, 4) is 0 Å². The zero-order chi connectivity index (χ0) is 24.1. The third-order valence-corrected chi connectivity index (χ3v) is 6.13. The maximum absolute atomic E-state index is 13.6. The van der Waals surface area contributed by atoms with Crippen LogP contribution >= 0.6 is 0 Å². The molecule has 0 bridgehead atoms. The van der Waals surface area contributed by atoms with Gasteiger partial charge in [0.2, 0.25) is 5.91 Å². The third-order valence-electron chi connectivity index (χ3n) is 6.13. The van der Waals surface area contributed by atoms with E-state index in [1.807, 2.05) is 93.3 Å². The van der Waals surface area contributed by atoms with Gasteiger partial charge in [-0.25, -0.2) is 0 Å². The van der Waals surface area contributed by atoms with Crippen LogP contribution in [-0.4, -0.2) is 35.0 Å². The van der Waals surface area contributed by atoms with E-state index in [-0.39, 0.29) is 30.9 Å². The van der Waals surface area contributed by atoms with Gasteiger partial charge in [0.25, 0.3) is 0 Å². The Morgan fingerprint density at radius 2 is 1.76 bits per heavy atom. The highest BCUT2D eigenvalue weighted by molar-refractivity contribution is 5.91. The van der Waals surface area contributed by atoms with E-state index in [0.29, 0.717) is 13.0 Å². The molecule has 0 aliphatic carbocycles. The number of rotatable bonds is 9. The van der Waals surface area contributed by atoms with Crippen molar-refractivity contribution in [2.75, 3.05) is 6.61 Å². The summed E-state index contributed by atoms with van der Waals surface area (Å²) in [6.45, 7) is 12.0. The molecule has 1 aliphatic heterocycles. The molecule has 0 radical (unpaired) electrons. The molecular weight excluding hydrogens is 414 g/mol. The van der Waals surface area contributed by atoms with Gasteiger partial charge in [-0.3, -0.25) is 9.59 Å². The zero-order valence-corrected chi connectivity index (χ0v) is 20.1. The third kappa shape index (κ3) is 5.72. The lowest BCUT2D eigenvalue weighted by Crippen LogP contribution is -2.50. The van der Waals surface area contributed by atoms with Crippen molar-refractivity contribution in [2.24, 2.45) is 5.41 Å². The fraction of sp³-hybridized carbons (Fsp3) is 0.429. The molecule has 3 rings (SSSR count). The predicted octanol–water partition coefficient (Wildman–Crippen LogP) is 5.47. The van der Waals surface area contributed by atoms with E-state index in [0.717, 1.165) is 11.1 Å². The lowest BCUT2D eigenvalue weighted by atomic mass is 9.77. The summed E-state index contributed by atoms with van der Waals surface area (Å²) in [5.41, 5.74) is 0.335. The summed E-state index contributed by atoms with van der Waals surface area (Å²) in [6, 6.07) is 19.1. The predicted molar refractivity (Wildman–Crippen MR) is 129 cm³/mol. The first kappa shape index (κ1) is 24.7. The number of likely N-dealkylation sites (tertiary alicyclic amines) is 1. The number of esters is 1. The molecule has 1 fully saturated rings. The Labute approximate surface area is 197 Å². The van der Waals surface area contributed by atoms with Gasteiger partial charge in [0, 0.05) is 6.42 Å². The Morgan fingerprint density at radius 3 is 2.33 bits per heavy atom. The fourth-order valence-corrected chi connectivity index (χ4v) is 4.54. The number of carbonyl (C=O) groups excluding carboxylic acids is 2. The van der Waals surface area contributed by atoms with Gasteiger partial charge < -0.3 is 14.4 Å². The average Bonchev–Trinajstić information content (AvgIpc) is 3.06. The molecule has 2 aromatic rings. The Bertz CT molecular complexity index is 951. The quantitative estimate of drug-likeness (QED) is 0.376. The molecule has 1 aliphatic rings. The number of ether oxygens (including phenoxy) is 2. The van der Waals surface area contributed by atoms with E-state index in [1.54, 1.807) is 6.08 Å². The van der Waals surface area contributed by atoms with Gasteiger partial charge >= 0.3 is 5.97 Å². The minimum atomic E-state index is -1.05. The summed E-state index contributed by atoms with van der Waals surface area (Å²) in [7, 11) is 0. The summed E-state index contributed by atoms with van der Waals surface area (Å²) < 4.78 is 11.9. The molecule has 33 heavy (non-hydrogen) atoms. The van der Waals surface area contributed by atoms with Gasteiger partial charge in [0.1, 0.15) is 11.0 Å². The zero-order valence-electron chi connectivity index (χ0n) is 20.1. The molecule has 0 aromatic heterocycles. The highest BCUT2D eigenvalue weighted by atomic mass is 16.6. The van der Waals surface area contributed by atoms with Gasteiger partial charge in [0.15, 0.2) is 0 Å². The van der Waals surface area contributed by atoms with Gasteiger partial charge in [-0.1, -0.05) is 66.7 Å². The number of allylic oxidation sites excluding steroid dienone is 1. The summed E-state index contributed by atoms with van der Waals surface area (Å²) in [6.07, 6.45) is 2.12. The number of hydrogen-bond donors (Lipinski definition) is 0. The van der Waals surface area contributed by atoms with Gasteiger partial charge in [-0.2, -0.15) is 0 Å². The molecule has 0 saturated carbocycles. The normalized spacial score (nSPS) is 21.6. The molecule has 5 heteroatoms. The van der Waals surface area contributed by atoms with Crippen LogP contribution in [0, 0.1) is 5.41 Å². The van der Waals surface area contributed by atoms with E-state index in [2.05, 4.69) is 6.58 Å². The van der Waals surface area contributed by atoms with E-state index >= 15 is 0 Å². The van der Waals surface area contributed by atoms with Crippen LogP contribution in [0.5, 0.6) is 0 Å². The molecule has 2 aromatic carbocycles. The van der Waals surface area contributed by atoms with Crippen LogP contribution in [0.1, 0.15) is 57.7 Å². The van der Waals surface area contributed by atoms with Crippen LogP contribution in [0.3, 0.4) is 0 Å². The molecule has 0 N–H and O–H groups in total. The average molecular weight is 450 g/mol. The van der Waals surface area contributed by atoms with Gasteiger partial charge in [0.05, 0.1) is 25.3 Å². The largest absolute Gasteiger partial charge is 0.459 e. The van der Waals surface area contributed by atoms with E-state index < -0.39 is 17.1 Å². The van der Waals surface area contributed by atoms with Crippen LogP contribution < -0.4 is 0 Å². The molecule has 1 amide bonds. The summed E-state index contributed by atoms with van der Waals surface area (Å²) >= 11 is 0. The van der Waals surface area contributed by atoms with Crippen LogP contribution in [0.15, 0.2) is 73.3 Å². The Morgan fingerprint density at radius 1 is 1.15 bits per heavy atom. The summed E-state index contributed by atoms with van der Waals surface area (Å²) in [5.74, 6) is -0.452.